The number of fused-ring (bicyclic) bond motifs is 9. The van der Waals surface area contributed by atoms with Crippen LogP contribution in [-0.4, -0.2) is 0 Å². The molecule has 0 aromatic heterocycles. The summed E-state index contributed by atoms with van der Waals surface area (Å²) in [6.45, 7) is 2.52. The standard InChI is InChI=1S/C44H36/c1-44(24-7-2-8-25-44)43-21-11-20-38-37-19-10-18-32(41(37)28-42(38)43)31-13-9-12-29(26-31)30-22-23-39-35-16-4-3-14-33(35)34-15-5-6-17-36(34)40(39)27-30/h3-6,9-23,26-27H,2,7-8,24-25,28H2,1H3. The predicted octanol–water partition coefficient (Wildman–Crippen LogP) is 12.3. The van der Waals surface area contributed by atoms with E-state index in [0.717, 1.165) is 6.42 Å². The minimum absolute atomic E-state index is 0.303. The fourth-order valence-corrected chi connectivity index (χ4v) is 8.63. The summed E-state index contributed by atoms with van der Waals surface area (Å²) in [5.41, 5.74) is 13.1. The lowest BCUT2D eigenvalue weighted by Crippen LogP contribution is -2.26. The third kappa shape index (κ3) is 3.90. The van der Waals surface area contributed by atoms with Gasteiger partial charge in [0.15, 0.2) is 0 Å². The normalized spacial score (nSPS) is 15.5. The fraction of sp³-hybridized carbons (Fsp3) is 0.182. The summed E-state index contributed by atoms with van der Waals surface area (Å²) in [6.07, 6.45) is 7.75. The van der Waals surface area contributed by atoms with Gasteiger partial charge in [0.25, 0.3) is 0 Å². The maximum Gasteiger partial charge on any atom is -0.000434 e. The maximum absolute atomic E-state index is 2.52. The van der Waals surface area contributed by atoms with E-state index in [4.69, 9.17) is 0 Å². The summed E-state index contributed by atoms with van der Waals surface area (Å²) in [6, 6.07) is 48.0. The summed E-state index contributed by atoms with van der Waals surface area (Å²) in [5, 5.41) is 7.93. The van der Waals surface area contributed by atoms with E-state index in [1.807, 2.05) is 0 Å². The largest absolute Gasteiger partial charge is 0.0616 e. The number of rotatable bonds is 3. The molecule has 0 heterocycles. The van der Waals surface area contributed by atoms with Gasteiger partial charge in [0.05, 0.1) is 0 Å². The van der Waals surface area contributed by atoms with E-state index < -0.39 is 0 Å². The zero-order valence-electron chi connectivity index (χ0n) is 25.4. The third-order valence-electron chi connectivity index (χ3n) is 10.9. The Kier molecular flexibility index (Phi) is 5.82. The van der Waals surface area contributed by atoms with Crippen LogP contribution < -0.4 is 0 Å². The first kappa shape index (κ1) is 25.8. The zero-order chi connectivity index (χ0) is 29.3. The van der Waals surface area contributed by atoms with Crippen LogP contribution in [0.3, 0.4) is 0 Å². The molecule has 0 amide bonds. The van der Waals surface area contributed by atoms with Crippen LogP contribution in [0.25, 0.3) is 65.7 Å². The molecule has 0 heteroatoms. The SMILES string of the molecule is CC1(c2cccc3c2Cc2c(-c4cccc(-c5ccc6c7ccccc7c7ccccc7c6c5)c4)cccc2-3)CCCCC1. The second-order valence-corrected chi connectivity index (χ2v) is 13.4. The average Bonchev–Trinajstić information content (AvgIpc) is 3.48. The molecule has 212 valence electrons. The molecule has 0 bridgehead atoms. The Hall–Kier alpha value is -4.68. The van der Waals surface area contributed by atoms with Gasteiger partial charge in [-0.1, -0.05) is 141 Å². The molecule has 0 nitrogen and oxygen atoms in total. The maximum atomic E-state index is 2.52. The number of hydrogen-bond donors (Lipinski definition) is 0. The van der Waals surface area contributed by atoms with Crippen molar-refractivity contribution in [2.45, 2.75) is 50.9 Å². The summed E-state index contributed by atoms with van der Waals surface area (Å²) < 4.78 is 0. The molecule has 0 unspecified atom stereocenters. The lowest BCUT2D eigenvalue weighted by molar-refractivity contribution is 0.318. The molecule has 2 aliphatic rings. The van der Waals surface area contributed by atoms with Gasteiger partial charge in [-0.2, -0.15) is 0 Å². The molecule has 0 aliphatic heterocycles. The van der Waals surface area contributed by atoms with Gasteiger partial charge in [-0.25, -0.2) is 0 Å². The van der Waals surface area contributed by atoms with Crippen molar-refractivity contribution in [1.29, 1.82) is 0 Å². The Morgan fingerprint density at radius 3 is 1.68 bits per heavy atom. The van der Waals surface area contributed by atoms with Gasteiger partial charge in [-0.3, -0.25) is 0 Å². The number of benzene rings is 7. The van der Waals surface area contributed by atoms with E-state index in [0.29, 0.717) is 5.41 Å². The molecule has 44 heavy (non-hydrogen) atoms. The summed E-state index contributed by atoms with van der Waals surface area (Å²) in [4.78, 5) is 0. The Balaban J connectivity index is 1.15. The van der Waals surface area contributed by atoms with Crippen molar-refractivity contribution in [3.05, 3.63) is 144 Å². The highest BCUT2D eigenvalue weighted by Gasteiger charge is 2.34. The fourth-order valence-electron chi connectivity index (χ4n) is 8.63. The van der Waals surface area contributed by atoms with Crippen LogP contribution in [-0.2, 0) is 11.8 Å². The van der Waals surface area contributed by atoms with Crippen molar-refractivity contribution in [2.75, 3.05) is 0 Å². The molecule has 0 saturated heterocycles. The topological polar surface area (TPSA) is 0 Å². The smallest absolute Gasteiger partial charge is 0.000434 e. The van der Waals surface area contributed by atoms with Crippen molar-refractivity contribution >= 4 is 32.3 Å². The quantitative estimate of drug-likeness (QED) is 0.187. The molecular weight excluding hydrogens is 528 g/mol. The zero-order valence-corrected chi connectivity index (χ0v) is 25.4. The van der Waals surface area contributed by atoms with Crippen LogP contribution in [0.5, 0.6) is 0 Å². The molecule has 1 saturated carbocycles. The first-order valence-electron chi connectivity index (χ1n) is 16.4. The van der Waals surface area contributed by atoms with Gasteiger partial charge in [-0.15, -0.1) is 0 Å². The van der Waals surface area contributed by atoms with Gasteiger partial charge < -0.3 is 0 Å². The molecule has 0 spiro atoms. The highest BCUT2D eigenvalue weighted by atomic mass is 14.4. The van der Waals surface area contributed by atoms with E-state index in [2.05, 4.69) is 134 Å². The van der Waals surface area contributed by atoms with Gasteiger partial charge >= 0.3 is 0 Å². The van der Waals surface area contributed by atoms with Gasteiger partial charge in [0.1, 0.15) is 0 Å². The summed E-state index contributed by atoms with van der Waals surface area (Å²) in [5.74, 6) is 0. The van der Waals surface area contributed by atoms with Crippen molar-refractivity contribution in [3.63, 3.8) is 0 Å². The molecule has 0 radical (unpaired) electrons. The number of hydrogen-bond acceptors (Lipinski definition) is 0. The van der Waals surface area contributed by atoms with Gasteiger partial charge in [-0.05, 0) is 119 Å². The minimum Gasteiger partial charge on any atom is -0.0616 e. The van der Waals surface area contributed by atoms with E-state index in [-0.39, 0.29) is 0 Å². The van der Waals surface area contributed by atoms with E-state index in [9.17, 15) is 0 Å². The van der Waals surface area contributed by atoms with Crippen molar-refractivity contribution in [3.8, 4) is 33.4 Å². The second kappa shape index (κ2) is 9.93. The average molecular weight is 565 g/mol. The predicted molar refractivity (Wildman–Crippen MR) is 189 cm³/mol. The van der Waals surface area contributed by atoms with Crippen molar-refractivity contribution < 1.29 is 0 Å². The highest BCUT2D eigenvalue weighted by Crippen LogP contribution is 2.48. The highest BCUT2D eigenvalue weighted by molar-refractivity contribution is 6.25. The van der Waals surface area contributed by atoms with Crippen LogP contribution in [0, 0.1) is 0 Å². The van der Waals surface area contributed by atoms with Crippen LogP contribution in [0.4, 0.5) is 0 Å². The van der Waals surface area contributed by atoms with Crippen LogP contribution in [0.1, 0.15) is 55.7 Å². The first-order chi connectivity index (χ1) is 21.7. The molecular formula is C44H36. The van der Waals surface area contributed by atoms with E-state index in [1.54, 1.807) is 11.1 Å². The molecule has 2 aliphatic carbocycles. The molecule has 0 atom stereocenters. The molecule has 9 rings (SSSR count). The van der Waals surface area contributed by atoms with Crippen LogP contribution in [0.15, 0.2) is 127 Å². The third-order valence-corrected chi connectivity index (χ3v) is 10.9. The molecule has 1 fully saturated rings. The molecule has 7 aromatic carbocycles. The van der Waals surface area contributed by atoms with Crippen LogP contribution in [0.2, 0.25) is 0 Å². The van der Waals surface area contributed by atoms with Crippen molar-refractivity contribution in [1.82, 2.24) is 0 Å². The van der Waals surface area contributed by atoms with Gasteiger partial charge in [0.2, 0.25) is 0 Å². The lowest BCUT2D eigenvalue weighted by Gasteiger charge is -2.35. The Morgan fingerprint density at radius 1 is 0.409 bits per heavy atom. The Bertz CT molecular complexity index is 2210. The van der Waals surface area contributed by atoms with Crippen molar-refractivity contribution in [2.24, 2.45) is 0 Å². The second-order valence-electron chi connectivity index (χ2n) is 13.4. The first-order valence-corrected chi connectivity index (χ1v) is 16.4. The minimum atomic E-state index is 0.303. The van der Waals surface area contributed by atoms with Gasteiger partial charge in [0, 0.05) is 0 Å². The summed E-state index contributed by atoms with van der Waals surface area (Å²) >= 11 is 0. The monoisotopic (exact) mass is 564 g/mol. The Labute approximate surface area is 260 Å². The van der Waals surface area contributed by atoms with E-state index >= 15 is 0 Å². The lowest BCUT2D eigenvalue weighted by atomic mass is 9.69. The molecule has 7 aromatic rings. The summed E-state index contributed by atoms with van der Waals surface area (Å²) in [7, 11) is 0. The van der Waals surface area contributed by atoms with Crippen LogP contribution >= 0.6 is 0 Å². The molecule has 0 N–H and O–H groups in total. The van der Waals surface area contributed by atoms with E-state index in [1.165, 1.54) is 103 Å². The Morgan fingerprint density at radius 2 is 0.955 bits per heavy atom.